The number of carbonyl (C=O) groups is 2. The average Bonchev–Trinajstić information content (AvgIpc) is 2.96. The number of nitro benzene ring substituents is 1. The molecule has 0 saturated heterocycles. The van der Waals surface area contributed by atoms with E-state index in [1.165, 1.54) is 35.2 Å². The number of non-ortho nitro benzene ring substituents is 1. The number of nitrogens with one attached hydrogen (secondary N) is 1. The first-order valence-corrected chi connectivity index (χ1v) is 15.0. The van der Waals surface area contributed by atoms with Crippen LogP contribution in [0.3, 0.4) is 0 Å². The van der Waals surface area contributed by atoms with Crippen molar-refractivity contribution in [2.75, 3.05) is 17.4 Å². The summed E-state index contributed by atoms with van der Waals surface area (Å²) in [6.07, 6.45) is 0.928. The fourth-order valence-corrected chi connectivity index (χ4v) is 6.01. The molecule has 0 aliphatic rings. The largest absolute Gasteiger partial charge is 0.354 e. The fourth-order valence-electron chi connectivity index (χ4n) is 4.11. The zero-order chi connectivity index (χ0) is 30.2. The molecule has 1 unspecified atom stereocenters. The lowest BCUT2D eigenvalue weighted by molar-refractivity contribution is -0.384. The molecule has 0 aliphatic heterocycles. The van der Waals surface area contributed by atoms with Crippen LogP contribution < -0.4 is 9.62 Å². The number of halogens is 2. The van der Waals surface area contributed by atoms with Gasteiger partial charge in [-0.1, -0.05) is 61.3 Å². The van der Waals surface area contributed by atoms with Crippen molar-refractivity contribution in [2.45, 2.75) is 44.2 Å². The Morgan fingerprint density at radius 2 is 1.66 bits per heavy atom. The van der Waals surface area contributed by atoms with Gasteiger partial charge in [-0.15, -0.1) is 0 Å². The number of benzene rings is 3. The smallest absolute Gasteiger partial charge is 0.269 e. The van der Waals surface area contributed by atoms with E-state index in [2.05, 4.69) is 5.32 Å². The molecule has 0 aromatic heterocycles. The summed E-state index contributed by atoms with van der Waals surface area (Å²) in [5.74, 6) is -1.06. The summed E-state index contributed by atoms with van der Waals surface area (Å²) in [4.78, 5) is 38.9. The Hall–Kier alpha value is -3.67. The number of hydrogen-bond acceptors (Lipinski definition) is 6. The minimum Gasteiger partial charge on any atom is -0.354 e. The molecule has 0 spiro atoms. The van der Waals surface area contributed by atoms with Crippen LogP contribution in [0.15, 0.2) is 77.7 Å². The van der Waals surface area contributed by atoms with Gasteiger partial charge in [0.15, 0.2) is 0 Å². The highest BCUT2D eigenvalue weighted by Crippen LogP contribution is 2.28. The van der Waals surface area contributed by atoms with Gasteiger partial charge in [-0.3, -0.25) is 24.0 Å². The summed E-state index contributed by atoms with van der Waals surface area (Å²) in [5.41, 5.74) is 0.314. The molecule has 0 radical (unpaired) electrons. The Morgan fingerprint density at radius 1 is 1.00 bits per heavy atom. The molecule has 0 aliphatic carbocycles. The molecule has 0 heterocycles. The van der Waals surface area contributed by atoms with E-state index in [1.807, 2.05) is 6.92 Å². The zero-order valence-corrected chi connectivity index (χ0v) is 24.8. The second-order valence-electron chi connectivity index (χ2n) is 9.07. The highest BCUT2D eigenvalue weighted by Gasteiger charge is 2.34. The minimum atomic E-state index is -4.30. The summed E-state index contributed by atoms with van der Waals surface area (Å²) in [6, 6.07) is 16.2. The quantitative estimate of drug-likeness (QED) is 0.200. The van der Waals surface area contributed by atoms with Gasteiger partial charge < -0.3 is 10.2 Å². The number of sulfonamides is 1. The number of anilines is 1. The fraction of sp³-hybridized carbons (Fsp3) is 0.286. The predicted octanol–water partition coefficient (Wildman–Crippen LogP) is 5.43. The van der Waals surface area contributed by atoms with Gasteiger partial charge in [0.2, 0.25) is 11.8 Å². The van der Waals surface area contributed by atoms with Crippen LogP contribution in [0.2, 0.25) is 10.0 Å². The second kappa shape index (κ2) is 14.3. The molecule has 218 valence electrons. The van der Waals surface area contributed by atoms with E-state index < -0.39 is 33.4 Å². The third kappa shape index (κ3) is 7.96. The van der Waals surface area contributed by atoms with Gasteiger partial charge in [0.25, 0.3) is 15.7 Å². The highest BCUT2D eigenvalue weighted by molar-refractivity contribution is 7.92. The highest BCUT2D eigenvalue weighted by atomic mass is 35.5. The molecule has 3 rings (SSSR count). The Bertz CT molecular complexity index is 1490. The Kier molecular flexibility index (Phi) is 11.1. The lowest BCUT2D eigenvalue weighted by Gasteiger charge is -2.33. The van der Waals surface area contributed by atoms with Gasteiger partial charge in [0.1, 0.15) is 12.6 Å². The Morgan fingerprint density at radius 3 is 2.22 bits per heavy atom. The van der Waals surface area contributed by atoms with Crippen LogP contribution in [0.4, 0.5) is 11.4 Å². The van der Waals surface area contributed by atoms with Crippen molar-refractivity contribution < 1.29 is 22.9 Å². The number of carbonyl (C=O) groups excluding carboxylic acids is 2. The van der Waals surface area contributed by atoms with Gasteiger partial charge in [-0.25, -0.2) is 8.42 Å². The molecular weight excluding hydrogens is 591 g/mol. The van der Waals surface area contributed by atoms with Crippen molar-refractivity contribution in [3.8, 4) is 0 Å². The van der Waals surface area contributed by atoms with E-state index in [1.54, 1.807) is 37.3 Å². The first kappa shape index (κ1) is 31.9. The molecule has 1 N–H and O–H groups in total. The van der Waals surface area contributed by atoms with E-state index in [-0.39, 0.29) is 40.2 Å². The topological polar surface area (TPSA) is 130 Å². The van der Waals surface area contributed by atoms with Crippen molar-refractivity contribution in [1.29, 1.82) is 0 Å². The maximum Gasteiger partial charge on any atom is 0.269 e. The summed E-state index contributed by atoms with van der Waals surface area (Å²) in [6.45, 7) is 3.27. The van der Waals surface area contributed by atoms with Crippen LogP contribution in [0.5, 0.6) is 0 Å². The normalized spacial score (nSPS) is 11.9. The van der Waals surface area contributed by atoms with Gasteiger partial charge >= 0.3 is 0 Å². The molecule has 0 saturated carbocycles. The molecule has 10 nitrogen and oxygen atoms in total. The number of rotatable bonds is 13. The van der Waals surface area contributed by atoms with Gasteiger partial charge in [0.05, 0.1) is 15.5 Å². The summed E-state index contributed by atoms with van der Waals surface area (Å²) >= 11 is 12.4. The van der Waals surface area contributed by atoms with Crippen LogP contribution in [0.25, 0.3) is 0 Å². The van der Waals surface area contributed by atoms with Crippen molar-refractivity contribution in [3.05, 3.63) is 98.5 Å². The molecule has 0 bridgehead atoms. The third-order valence-electron chi connectivity index (χ3n) is 6.25. The summed E-state index contributed by atoms with van der Waals surface area (Å²) in [7, 11) is -4.30. The first-order valence-electron chi connectivity index (χ1n) is 12.8. The number of nitrogens with zero attached hydrogens (tertiary/aromatic N) is 3. The lowest BCUT2D eigenvalue weighted by Crippen LogP contribution is -2.52. The Labute approximate surface area is 249 Å². The van der Waals surface area contributed by atoms with E-state index in [4.69, 9.17) is 23.2 Å². The van der Waals surface area contributed by atoms with Gasteiger partial charge in [-0.2, -0.15) is 0 Å². The molecule has 3 aromatic carbocycles. The van der Waals surface area contributed by atoms with E-state index in [0.29, 0.717) is 23.6 Å². The van der Waals surface area contributed by atoms with Crippen LogP contribution in [-0.2, 0) is 26.2 Å². The first-order chi connectivity index (χ1) is 19.5. The zero-order valence-electron chi connectivity index (χ0n) is 22.5. The molecule has 13 heteroatoms. The van der Waals surface area contributed by atoms with Crippen molar-refractivity contribution in [2.24, 2.45) is 0 Å². The molecule has 1 atom stereocenters. The standard InChI is InChI=1S/C28H30Cl2N4O6S/c1-3-16-31-28(36)26(4-2)32(18-20-10-11-21(29)17-25(20)30)27(35)19-33(22-12-14-23(15-13-22)34(37)38)41(39,40)24-8-6-5-7-9-24/h5-15,17,26H,3-4,16,18-19H2,1-2H3,(H,31,36). The molecule has 0 fully saturated rings. The number of amides is 2. The van der Waals surface area contributed by atoms with Crippen LogP contribution in [0.1, 0.15) is 32.3 Å². The van der Waals surface area contributed by atoms with Gasteiger partial charge in [-0.05, 0) is 54.8 Å². The van der Waals surface area contributed by atoms with Crippen LogP contribution in [-0.4, -0.2) is 49.2 Å². The molecule has 2 amide bonds. The van der Waals surface area contributed by atoms with Crippen molar-refractivity contribution in [3.63, 3.8) is 0 Å². The number of hydrogen-bond donors (Lipinski definition) is 1. The second-order valence-corrected chi connectivity index (χ2v) is 11.8. The molecule has 41 heavy (non-hydrogen) atoms. The minimum absolute atomic E-state index is 0.0424. The molecular formula is C28H30Cl2N4O6S. The monoisotopic (exact) mass is 620 g/mol. The van der Waals surface area contributed by atoms with E-state index in [9.17, 15) is 28.1 Å². The van der Waals surface area contributed by atoms with E-state index in [0.717, 1.165) is 16.4 Å². The predicted molar refractivity (Wildman–Crippen MR) is 158 cm³/mol. The summed E-state index contributed by atoms with van der Waals surface area (Å²) in [5, 5.41) is 14.7. The third-order valence-corrected chi connectivity index (χ3v) is 8.62. The van der Waals surface area contributed by atoms with Gasteiger partial charge in [0, 0.05) is 35.3 Å². The maximum absolute atomic E-state index is 14.0. The number of nitro groups is 1. The van der Waals surface area contributed by atoms with Crippen molar-refractivity contribution >= 4 is 56.4 Å². The summed E-state index contributed by atoms with van der Waals surface area (Å²) < 4.78 is 28.4. The van der Waals surface area contributed by atoms with Crippen LogP contribution in [0, 0.1) is 10.1 Å². The lowest BCUT2D eigenvalue weighted by atomic mass is 10.1. The molecule has 3 aromatic rings. The SMILES string of the molecule is CCCNC(=O)C(CC)N(Cc1ccc(Cl)cc1Cl)C(=O)CN(c1ccc([N+](=O)[O-])cc1)S(=O)(=O)c1ccccc1. The average molecular weight is 622 g/mol. The van der Waals surface area contributed by atoms with Crippen LogP contribution >= 0.6 is 23.2 Å². The van der Waals surface area contributed by atoms with E-state index >= 15 is 0 Å². The maximum atomic E-state index is 14.0. The van der Waals surface area contributed by atoms with Crippen molar-refractivity contribution in [1.82, 2.24) is 10.2 Å². The Balaban J connectivity index is 2.08.